The van der Waals surface area contributed by atoms with E-state index in [1.54, 1.807) is 36.2 Å². The van der Waals surface area contributed by atoms with Crippen molar-refractivity contribution in [2.45, 2.75) is 19.4 Å². The summed E-state index contributed by atoms with van der Waals surface area (Å²) in [6, 6.07) is 8.17. The Hall–Kier alpha value is -2.21. The molecule has 0 radical (unpaired) electrons. The van der Waals surface area contributed by atoms with Crippen molar-refractivity contribution in [2.24, 2.45) is 0 Å². The molecule has 1 aliphatic rings. The molecule has 2 rings (SSSR count). The Morgan fingerprint density at radius 2 is 2.00 bits per heavy atom. The quantitative estimate of drug-likeness (QED) is 0.796. The van der Waals surface area contributed by atoms with Crippen molar-refractivity contribution in [1.29, 1.82) is 0 Å². The number of rotatable bonds is 5. The highest BCUT2D eigenvalue weighted by Crippen LogP contribution is 2.22. The van der Waals surface area contributed by atoms with Gasteiger partial charge in [0, 0.05) is 13.6 Å². The lowest BCUT2D eigenvalue weighted by atomic mass is 10.2. The molecule has 112 valence electrons. The Bertz CT molecular complexity index is 544. The number of para-hydroxylation sites is 1. The van der Waals surface area contributed by atoms with Crippen LogP contribution in [-0.4, -0.2) is 48.8 Å². The molecule has 0 spiro atoms. The molecule has 6 nitrogen and oxygen atoms in total. The highest BCUT2D eigenvalue weighted by atomic mass is 16.2. The largest absolute Gasteiger partial charge is 0.345 e. The number of hydrogen-bond acceptors (Lipinski definition) is 4. The third kappa shape index (κ3) is 3.28. The molecule has 1 saturated heterocycles. The van der Waals surface area contributed by atoms with Crippen molar-refractivity contribution < 1.29 is 14.4 Å². The maximum atomic E-state index is 12.3. The molecule has 1 aromatic rings. The number of anilines is 1. The summed E-state index contributed by atoms with van der Waals surface area (Å²) in [6.07, 6.45) is 0.0802. The third-order valence-corrected chi connectivity index (χ3v) is 3.56. The normalized spacial score (nSPS) is 18.2. The van der Waals surface area contributed by atoms with Crippen LogP contribution in [0, 0.1) is 0 Å². The number of nitrogens with one attached hydrogen (secondary N) is 1. The van der Waals surface area contributed by atoms with Gasteiger partial charge in [0.05, 0.1) is 24.7 Å². The summed E-state index contributed by atoms with van der Waals surface area (Å²) < 4.78 is 0. The lowest BCUT2D eigenvalue weighted by Gasteiger charge is -2.17. The Kier molecular flexibility index (Phi) is 4.70. The monoisotopic (exact) mass is 289 g/mol. The summed E-state index contributed by atoms with van der Waals surface area (Å²) in [6.45, 7) is 2.53. The first-order chi connectivity index (χ1) is 10.0. The minimum Gasteiger partial charge on any atom is -0.345 e. The first kappa shape index (κ1) is 15.2. The van der Waals surface area contributed by atoms with Gasteiger partial charge in [0.25, 0.3) is 5.91 Å². The zero-order chi connectivity index (χ0) is 15.4. The Balaban J connectivity index is 2.00. The lowest BCUT2D eigenvalue weighted by Crippen LogP contribution is -2.44. The third-order valence-electron chi connectivity index (χ3n) is 3.56. The van der Waals surface area contributed by atoms with Crippen LogP contribution in [0.25, 0.3) is 0 Å². The number of imide groups is 1. The Morgan fingerprint density at radius 1 is 1.33 bits per heavy atom. The summed E-state index contributed by atoms with van der Waals surface area (Å²) >= 11 is 0. The van der Waals surface area contributed by atoms with Crippen LogP contribution in [0.1, 0.15) is 13.3 Å². The van der Waals surface area contributed by atoms with Gasteiger partial charge in [0.1, 0.15) is 0 Å². The molecular weight excluding hydrogens is 270 g/mol. The highest BCUT2D eigenvalue weighted by Gasteiger charge is 2.39. The minimum atomic E-state index is -0.632. The van der Waals surface area contributed by atoms with Crippen LogP contribution in [-0.2, 0) is 14.4 Å². The summed E-state index contributed by atoms with van der Waals surface area (Å²) in [5.41, 5.74) is 0.564. The van der Waals surface area contributed by atoms with Crippen molar-refractivity contribution >= 4 is 23.4 Å². The van der Waals surface area contributed by atoms with E-state index in [0.29, 0.717) is 12.2 Å². The second-order valence-corrected chi connectivity index (χ2v) is 4.95. The van der Waals surface area contributed by atoms with Gasteiger partial charge in [-0.3, -0.25) is 19.7 Å². The molecule has 0 saturated carbocycles. The molecule has 0 bridgehead atoms. The van der Waals surface area contributed by atoms with E-state index in [9.17, 15) is 14.4 Å². The molecule has 1 fully saturated rings. The molecular formula is C15H19N3O3. The van der Waals surface area contributed by atoms with E-state index in [2.05, 4.69) is 5.32 Å². The van der Waals surface area contributed by atoms with Crippen molar-refractivity contribution in [2.75, 3.05) is 25.0 Å². The molecule has 6 heteroatoms. The fraction of sp³-hybridized carbons (Fsp3) is 0.400. The molecule has 0 aromatic heterocycles. The number of likely N-dealkylation sites (N-methyl/N-ethyl adjacent to an activating group) is 1. The smallest absolute Gasteiger partial charge is 0.251 e. The molecule has 21 heavy (non-hydrogen) atoms. The van der Waals surface area contributed by atoms with Gasteiger partial charge in [-0.15, -0.1) is 0 Å². The van der Waals surface area contributed by atoms with Crippen molar-refractivity contribution in [1.82, 2.24) is 10.2 Å². The molecule has 1 N–H and O–H groups in total. The van der Waals surface area contributed by atoms with E-state index in [0.717, 1.165) is 0 Å². The van der Waals surface area contributed by atoms with Crippen LogP contribution in [0.3, 0.4) is 0 Å². The van der Waals surface area contributed by atoms with Gasteiger partial charge in [-0.1, -0.05) is 18.2 Å². The molecule has 1 aliphatic heterocycles. The van der Waals surface area contributed by atoms with E-state index >= 15 is 0 Å². The molecule has 1 heterocycles. The molecule has 1 atom stereocenters. The van der Waals surface area contributed by atoms with E-state index in [1.165, 1.54) is 4.90 Å². The maximum Gasteiger partial charge on any atom is 0.251 e. The van der Waals surface area contributed by atoms with Crippen molar-refractivity contribution in [3.63, 3.8) is 0 Å². The summed E-state index contributed by atoms with van der Waals surface area (Å²) in [5.74, 6) is -0.658. The van der Waals surface area contributed by atoms with Crippen molar-refractivity contribution in [3.05, 3.63) is 30.3 Å². The van der Waals surface area contributed by atoms with Crippen LogP contribution in [0.15, 0.2) is 30.3 Å². The standard InChI is InChI=1S/C15H19N3O3/c1-3-17(2)14(20)10-16-12-9-13(19)18(15(12)21)11-7-5-4-6-8-11/h4-8,12,16H,3,9-10H2,1-2H3. The van der Waals surface area contributed by atoms with Crippen LogP contribution >= 0.6 is 0 Å². The zero-order valence-electron chi connectivity index (χ0n) is 12.2. The van der Waals surface area contributed by atoms with Gasteiger partial charge in [0.2, 0.25) is 11.8 Å². The van der Waals surface area contributed by atoms with Gasteiger partial charge < -0.3 is 4.90 Å². The Labute approximate surface area is 123 Å². The zero-order valence-corrected chi connectivity index (χ0v) is 12.2. The first-order valence-electron chi connectivity index (χ1n) is 6.93. The average molecular weight is 289 g/mol. The van der Waals surface area contributed by atoms with Gasteiger partial charge >= 0.3 is 0 Å². The number of benzene rings is 1. The second-order valence-electron chi connectivity index (χ2n) is 4.95. The molecule has 3 amide bonds. The number of amides is 3. The van der Waals surface area contributed by atoms with Gasteiger partial charge in [-0.2, -0.15) is 0 Å². The first-order valence-corrected chi connectivity index (χ1v) is 6.93. The summed E-state index contributed by atoms with van der Waals surface area (Å²) in [7, 11) is 1.70. The SMILES string of the molecule is CCN(C)C(=O)CNC1CC(=O)N(c2ccccc2)C1=O. The minimum absolute atomic E-state index is 0.0522. The second kappa shape index (κ2) is 6.49. The van der Waals surface area contributed by atoms with E-state index in [1.807, 2.05) is 13.0 Å². The molecule has 0 aliphatic carbocycles. The van der Waals surface area contributed by atoms with Crippen LogP contribution in [0.4, 0.5) is 5.69 Å². The van der Waals surface area contributed by atoms with E-state index < -0.39 is 6.04 Å². The number of hydrogen-bond donors (Lipinski definition) is 1. The van der Waals surface area contributed by atoms with Gasteiger partial charge in [-0.25, -0.2) is 4.90 Å². The molecule has 1 unspecified atom stereocenters. The highest BCUT2D eigenvalue weighted by molar-refractivity contribution is 6.22. The molecule has 1 aromatic carbocycles. The predicted octanol–water partition coefficient (Wildman–Crippen LogP) is 0.386. The van der Waals surface area contributed by atoms with Crippen LogP contribution in [0.5, 0.6) is 0 Å². The predicted molar refractivity (Wildman–Crippen MR) is 78.7 cm³/mol. The summed E-state index contributed by atoms with van der Waals surface area (Å²) in [4.78, 5) is 38.7. The van der Waals surface area contributed by atoms with E-state index in [-0.39, 0.29) is 30.7 Å². The average Bonchev–Trinajstić information content (AvgIpc) is 2.79. The fourth-order valence-corrected chi connectivity index (χ4v) is 2.16. The number of nitrogens with zero attached hydrogens (tertiary/aromatic N) is 2. The fourth-order valence-electron chi connectivity index (χ4n) is 2.16. The Morgan fingerprint density at radius 3 is 2.62 bits per heavy atom. The number of carbonyl (C=O) groups is 3. The van der Waals surface area contributed by atoms with Crippen LogP contribution < -0.4 is 10.2 Å². The van der Waals surface area contributed by atoms with Crippen LogP contribution in [0.2, 0.25) is 0 Å². The van der Waals surface area contributed by atoms with Gasteiger partial charge in [-0.05, 0) is 19.1 Å². The van der Waals surface area contributed by atoms with Gasteiger partial charge in [0.15, 0.2) is 0 Å². The maximum absolute atomic E-state index is 12.3. The van der Waals surface area contributed by atoms with E-state index in [4.69, 9.17) is 0 Å². The lowest BCUT2D eigenvalue weighted by molar-refractivity contribution is -0.129. The topological polar surface area (TPSA) is 69.7 Å². The number of carbonyl (C=O) groups excluding carboxylic acids is 3. The summed E-state index contributed by atoms with van der Waals surface area (Å²) in [5, 5.41) is 2.87. The van der Waals surface area contributed by atoms with Crippen molar-refractivity contribution in [3.8, 4) is 0 Å².